The Balaban J connectivity index is 1.23. The van der Waals surface area contributed by atoms with E-state index in [1.165, 1.54) is 115 Å². The van der Waals surface area contributed by atoms with Crippen LogP contribution in [0.3, 0.4) is 0 Å². The van der Waals surface area contributed by atoms with Gasteiger partial charge >= 0.3 is 0 Å². The van der Waals surface area contributed by atoms with Gasteiger partial charge in [-0.25, -0.2) is 0 Å². The van der Waals surface area contributed by atoms with Crippen LogP contribution in [0, 0.1) is 0 Å². The lowest BCUT2D eigenvalue weighted by atomic mass is 9.84. The van der Waals surface area contributed by atoms with Crippen LogP contribution in [-0.4, -0.2) is 0 Å². The molecule has 0 aromatic heterocycles. The Bertz CT molecular complexity index is 2890. The Hall–Kier alpha value is -4.84. The maximum Gasteiger partial charge on any atom is 0.0585 e. The minimum absolute atomic E-state index is 1.29. The second kappa shape index (κ2) is 11.3. The van der Waals surface area contributed by atoms with E-state index < -0.39 is 0 Å². The van der Waals surface area contributed by atoms with Crippen LogP contribution in [0.25, 0.3) is 75.8 Å². The first-order chi connectivity index (χ1) is 25.8. The molecule has 4 heteroatoms. The van der Waals surface area contributed by atoms with E-state index >= 15 is 0 Å². The van der Waals surface area contributed by atoms with E-state index in [0.29, 0.717) is 0 Å². The third kappa shape index (κ3) is 4.30. The van der Waals surface area contributed by atoms with Gasteiger partial charge in [0.2, 0.25) is 0 Å². The number of fused-ring (bicyclic) bond motifs is 2. The SMILES string of the molecule is c1ccc2c(c1)SC(=C(C(=C1Sc3ccccc3S1)c1ccc3ccc4cccc5ccc1c3c45)c1ccc3ccc4cccc5ccc1c3c45)S2. The van der Waals surface area contributed by atoms with Crippen molar-refractivity contribution in [1.82, 2.24) is 0 Å². The third-order valence-corrected chi connectivity index (χ3v) is 15.9. The molecule has 52 heavy (non-hydrogen) atoms. The van der Waals surface area contributed by atoms with Crippen LogP contribution in [0.1, 0.15) is 11.1 Å². The molecule has 10 aromatic carbocycles. The summed E-state index contributed by atoms with van der Waals surface area (Å²) in [5.41, 5.74) is 5.22. The van der Waals surface area contributed by atoms with Crippen LogP contribution in [0.2, 0.25) is 0 Å². The number of benzene rings is 10. The zero-order valence-corrected chi connectivity index (χ0v) is 30.9. The summed E-state index contributed by atoms with van der Waals surface area (Å²) in [7, 11) is 0. The lowest BCUT2D eigenvalue weighted by molar-refractivity contribution is 1.27. The summed E-state index contributed by atoms with van der Waals surface area (Å²) >= 11 is 7.71. The van der Waals surface area contributed by atoms with E-state index in [1.54, 1.807) is 0 Å². The first-order valence-corrected chi connectivity index (χ1v) is 20.8. The molecule has 0 unspecified atom stereocenters. The molecule has 0 saturated heterocycles. The Morgan fingerprint density at radius 1 is 0.269 bits per heavy atom. The maximum atomic E-state index is 2.40. The number of allylic oxidation sites excluding steroid dienone is 2. The van der Waals surface area contributed by atoms with Gasteiger partial charge in [0.15, 0.2) is 0 Å². The number of thioether (sulfide) groups is 4. The lowest BCUT2D eigenvalue weighted by Crippen LogP contribution is -1.98. The molecule has 2 aliphatic rings. The van der Waals surface area contributed by atoms with Gasteiger partial charge in [-0.15, -0.1) is 0 Å². The van der Waals surface area contributed by atoms with Crippen LogP contribution in [-0.2, 0) is 0 Å². The third-order valence-electron chi connectivity index (χ3n) is 10.8. The van der Waals surface area contributed by atoms with E-state index in [1.807, 2.05) is 47.0 Å². The summed E-state index contributed by atoms with van der Waals surface area (Å²) in [6.45, 7) is 0. The summed E-state index contributed by atoms with van der Waals surface area (Å²) in [6, 6.07) is 59.3. The van der Waals surface area contributed by atoms with Crippen molar-refractivity contribution in [3.63, 3.8) is 0 Å². The molecule has 0 bridgehead atoms. The predicted molar refractivity (Wildman–Crippen MR) is 230 cm³/mol. The highest BCUT2D eigenvalue weighted by molar-refractivity contribution is 8.25. The van der Waals surface area contributed by atoms with Gasteiger partial charge < -0.3 is 0 Å². The first kappa shape index (κ1) is 29.7. The second-order valence-corrected chi connectivity index (χ2v) is 18.3. The Morgan fingerprint density at radius 3 is 0.942 bits per heavy atom. The number of hydrogen-bond donors (Lipinski definition) is 0. The van der Waals surface area contributed by atoms with E-state index in [9.17, 15) is 0 Å². The highest BCUT2D eigenvalue weighted by Gasteiger charge is 2.31. The standard InChI is InChI=1S/C48H26S4/c1-2-12-38-37(11-1)49-47(50-38)45(35-25-21-31-17-15-27-7-5-9-29-19-23-33(35)43(31)41(27)29)46(48-51-39-13-3-4-14-40(39)52-48)36-26-22-32-18-16-28-8-6-10-30-20-24-34(36)44(32)42(28)30/h1-26H. The molecule has 0 spiro atoms. The molecule has 12 rings (SSSR count). The Labute approximate surface area is 317 Å². The lowest BCUT2D eigenvalue weighted by Gasteiger charge is -2.23. The average molecular weight is 731 g/mol. The molecular formula is C48H26S4. The molecule has 0 N–H and O–H groups in total. The highest BCUT2D eigenvalue weighted by atomic mass is 32.2. The predicted octanol–water partition coefficient (Wildman–Crippen LogP) is 15.3. The van der Waals surface area contributed by atoms with Crippen molar-refractivity contribution in [2.75, 3.05) is 0 Å². The molecule has 0 fully saturated rings. The Kier molecular flexibility index (Phi) is 6.47. The first-order valence-electron chi connectivity index (χ1n) is 17.5. The number of hydrogen-bond acceptors (Lipinski definition) is 4. The van der Waals surface area contributed by atoms with E-state index in [4.69, 9.17) is 0 Å². The zero-order valence-electron chi connectivity index (χ0n) is 27.6. The average Bonchev–Trinajstić information content (AvgIpc) is 3.83. The zero-order chi connectivity index (χ0) is 33.9. The molecule has 0 radical (unpaired) electrons. The normalized spacial score (nSPS) is 14.2. The van der Waals surface area contributed by atoms with Crippen LogP contribution in [0.5, 0.6) is 0 Å². The van der Waals surface area contributed by atoms with Crippen LogP contribution in [0.15, 0.2) is 186 Å². The fraction of sp³-hybridized carbons (Fsp3) is 0. The van der Waals surface area contributed by atoms with Crippen molar-refractivity contribution < 1.29 is 0 Å². The van der Waals surface area contributed by atoms with Crippen molar-refractivity contribution in [2.24, 2.45) is 0 Å². The van der Waals surface area contributed by atoms with Gasteiger partial charge in [-0.3, -0.25) is 0 Å². The van der Waals surface area contributed by atoms with Gasteiger partial charge in [0, 0.05) is 30.7 Å². The molecular weight excluding hydrogens is 705 g/mol. The van der Waals surface area contributed by atoms with Gasteiger partial charge in [0.1, 0.15) is 0 Å². The highest BCUT2D eigenvalue weighted by Crippen LogP contribution is 2.62. The molecule has 10 aromatic rings. The molecule has 0 nitrogen and oxygen atoms in total. The van der Waals surface area contributed by atoms with Crippen molar-refractivity contribution in [3.8, 4) is 0 Å². The molecule has 242 valence electrons. The maximum absolute atomic E-state index is 2.40. The van der Waals surface area contributed by atoms with E-state index in [0.717, 1.165) is 0 Å². The smallest absolute Gasteiger partial charge is 0.0585 e. The monoisotopic (exact) mass is 730 g/mol. The molecule has 0 aliphatic carbocycles. The Morgan fingerprint density at radius 2 is 0.577 bits per heavy atom. The second-order valence-electron chi connectivity index (χ2n) is 13.6. The van der Waals surface area contributed by atoms with Gasteiger partial charge in [0.25, 0.3) is 0 Å². The summed E-state index contributed by atoms with van der Waals surface area (Å²) in [6.07, 6.45) is 0. The van der Waals surface area contributed by atoms with Crippen molar-refractivity contribution in [2.45, 2.75) is 19.6 Å². The van der Waals surface area contributed by atoms with Crippen LogP contribution >= 0.6 is 47.0 Å². The summed E-state index contributed by atoms with van der Waals surface area (Å²) in [4.78, 5) is 5.31. The summed E-state index contributed by atoms with van der Waals surface area (Å²) in [5, 5.41) is 15.8. The minimum atomic E-state index is 1.29. The van der Waals surface area contributed by atoms with Crippen molar-refractivity contribution in [3.05, 3.63) is 177 Å². The fourth-order valence-electron chi connectivity index (χ4n) is 8.48. The van der Waals surface area contributed by atoms with Gasteiger partial charge in [-0.1, -0.05) is 181 Å². The molecule has 0 amide bonds. The quantitative estimate of drug-likeness (QED) is 0.166. The van der Waals surface area contributed by atoms with Gasteiger partial charge in [-0.05, 0) is 100 Å². The summed E-state index contributed by atoms with van der Waals surface area (Å²) < 4.78 is 2.67. The summed E-state index contributed by atoms with van der Waals surface area (Å²) in [5.74, 6) is 0. The molecule has 2 aliphatic heterocycles. The molecule has 0 atom stereocenters. The van der Waals surface area contributed by atoms with E-state index in [2.05, 4.69) is 158 Å². The molecule has 0 saturated carbocycles. The van der Waals surface area contributed by atoms with Gasteiger partial charge in [-0.2, -0.15) is 0 Å². The van der Waals surface area contributed by atoms with Gasteiger partial charge in [0.05, 0.1) is 8.47 Å². The van der Waals surface area contributed by atoms with Crippen LogP contribution < -0.4 is 0 Å². The largest absolute Gasteiger partial charge is 0.0809 e. The fourth-order valence-corrected chi connectivity index (χ4v) is 13.7. The van der Waals surface area contributed by atoms with Crippen molar-refractivity contribution >= 4 is 123 Å². The number of rotatable bonds is 3. The molecule has 2 heterocycles. The van der Waals surface area contributed by atoms with Crippen LogP contribution in [0.4, 0.5) is 0 Å². The van der Waals surface area contributed by atoms with E-state index in [-0.39, 0.29) is 0 Å². The minimum Gasteiger partial charge on any atom is -0.0809 e. The van der Waals surface area contributed by atoms with Crippen molar-refractivity contribution in [1.29, 1.82) is 0 Å². The topological polar surface area (TPSA) is 0 Å².